The van der Waals surface area contributed by atoms with Crippen molar-refractivity contribution in [2.24, 2.45) is 7.05 Å². The summed E-state index contributed by atoms with van der Waals surface area (Å²) in [5, 5.41) is 2.90. The van der Waals surface area contributed by atoms with Gasteiger partial charge >= 0.3 is 5.69 Å². The molecule has 0 unspecified atom stereocenters. The predicted octanol–water partition coefficient (Wildman–Crippen LogP) is 1.78. The van der Waals surface area contributed by atoms with Gasteiger partial charge in [0.2, 0.25) is 5.91 Å². The van der Waals surface area contributed by atoms with Crippen LogP contribution in [0.3, 0.4) is 0 Å². The Morgan fingerprint density at radius 2 is 1.74 bits per heavy atom. The maximum atomic E-state index is 12.9. The fraction of sp³-hybridized carbons (Fsp3) is 0.174. The number of nitrogens with zero attached hydrogens (tertiary/aromatic N) is 4. The Kier molecular flexibility index (Phi) is 5.44. The molecule has 8 heteroatoms. The van der Waals surface area contributed by atoms with Crippen LogP contribution in [0.1, 0.15) is 11.1 Å². The number of carbonyl (C=O) groups is 1. The molecule has 0 fully saturated rings. The van der Waals surface area contributed by atoms with E-state index in [1.807, 2.05) is 61.5 Å². The number of carbonyl (C=O) groups excluding carboxylic acids is 1. The van der Waals surface area contributed by atoms with E-state index in [9.17, 15) is 14.4 Å². The van der Waals surface area contributed by atoms with Crippen LogP contribution < -0.4 is 16.6 Å². The van der Waals surface area contributed by atoms with Gasteiger partial charge in [-0.3, -0.25) is 18.7 Å². The normalized spacial score (nSPS) is 10.9. The second kappa shape index (κ2) is 8.35. The van der Waals surface area contributed by atoms with E-state index < -0.39 is 17.2 Å². The van der Waals surface area contributed by atoms with Crippen molar-refractivity contribution in [3.05, 3.63) is 92.8 Å². The van der Waals surface area contributed by atoms with Crippen molar-refractivity contribution in [3.63, 3.8) is 0 Å². The van der Waals surface area contributed by atoms with E-state index >= 15 is 0 Å². The molecule has 0 atom stereocenters. The zero-order chi connectivity index (χ0) is 22.0. The molecule has 1 N–H and O–H groups in total. The molecule has 0 radical (unpaired) electrons. The lowest BCUT2D eigenvalue weighted by atomic mass is 10.1. The van der Waals surface area contributed by atoms with E-state index in [1.165, 1.54) is 17.8 Å². The van der Waals surface area contributed by atoms with Gasteiger partial charge in [0.1, 0.15) is 11.9 Å². The summed E-state index contributed by atoms with van der Waals surface area (Å²) in [6.07, 6.45) is 1.40. The summed E-state index contributed by atoms with van der Waals surface area (Å²) in [6, 6.07) is 17.0. The van der Waals surface area contributed by atoms with Gasteiger partial charge in [0, 0.05) is 25.4 Å². The number of hydrogen-bond acceptors (Lipinski definition) is 5. The van der Waals surface area contributed by atoms with Crippen molar-refractivity contribution in [2.45, 2.75) is 20.0 Å². The van der Waals surface area contributed by atoms with Gasteiger partial charge < -0.3 is 5.32 Å². The van der Waals surface area contributed by atoms with Gasteiger partial charge in [-0.05, 0) is 12.5 Å². The summed E-state index contributed by atoms with van der Waals surface area (Å²) in [5.41, 5.74) is 1.83. The van der Waals surface area contributed by atoms with Gasteiger partial charge in [-0.15, -0.1) is 0 Å². The molecule has 0 saturated carbocycles. The molecular weight excluding hydrogens is 394 g/mol. The summed E-state index contributed by atoms with van der Waals surface area (Å²) in [5.74, 6) is -0.0140. The van der Waals surface area contributed by atoms with E-state index in [0.29, 0.717) is 12.4 Å². The molecular formula is C23H21N5O3. The highest BCUT2D eigenvalue weighted by Gasteiger charge is 2.16. The van der Waals surface area contributed by atoms with Crippen LogP contribution in [0.2, 0.25) is 0 Å². The first-order chi connectivity index (χ1) is 14.9. The number of benzene rings is 2. The van der Waals surface area contributed by atoms with Crippen LogP contribution in [0.4, 0.5) is 0 Å². The van der Waals surface area contributed by atoms with Gasteiger partial charge in [-0.1, -0.05) is 60.2 Å². The standard InChI is InChI=1S/C23H21N5O3/c1-15-8-10-17(11-9-15)20-25-13-18-21(26-20)27(2)23(31)28(22(18)30)14-19(29)24-12-16-6-4-3-5-7-16/h3-11,13H,12,14H2,1-2H3,(H,24,29). The molecule has 0 saturated heterocycles. The Bertz CT molecular complexity index is 1370. The summed E-state index contributed by atoms with van der Waals surface area (Å²) >= 11 is 0. The lowest BCUT2D eigenvalue weighted by Crippen LogP contribution is -2.43. The number of hydrogen-bond donors (Lipinski definition) is 1. The van der Waals surface area contributed by atoms with Crippen LogP contribution in [0.25, 0.3) is 22.4 Å². The first-order valence-corrected chi connectivity index (χ1v) is 9.78. The molecule has 156 valence electrons. The van der Waals surface area contributed by atoms with Crippen LogP contribution in [-0.2, 0) is 24.9 Å². The van der Waals surface area contributed by atoms with E-state index in [4.69, 9.17) is 0 Å². The number of rotatable bonds is 5. The molecule has 4 aromatic rings. The highest BCUT2D eigenvalue weighted by molar-refractivity contribution is 5.78. The topological polar surface area (TPSA) is 98.9 Å². The second-order valence-electron chi connectivity index (χ2n) is 7.29. The smallest absolute Gasteiger partial charge is 0.332 e. The monoisotopic (exact) mass is 415 g/mol. The molecule has 4 rings (SSSR count). The van der Waals surface area contributed by atoms with Crippen molar-refractivity contribution in [1.82, 2.24) is 24.4 Å². The Morgan fingerprint density at radius 1 is 1.03 bits per heavy atom. The highest BCUT2D eigenvalue weighted by Crippen LogP contribution is 2.16. The number of aryl methyl sites for hydroxylation is 2. The third-order valence-electron chi connectivity index (χ3n) is 5.02. The summed E-state index contributed by atoms with van der Waals surface area (Å²) in [7, 11) is 1.52. The molecule has 0 aliphatic carbocycles. The van der Waals surface area contributed by atoms with Gasteiger partial charge in [-0.25, -0.2) is 14.8 Å². The lowest BCUT2D eigenvalue weighted by Gasteiger charge is -2.11. The largest absolute Gasteiger partial charge is 0.350 e. The average molecular weight is 415 g/mol. The van der Waals surface area contributed by atoms with Gasteiger partial charge in [-0.2, -0.15) is 0 Å². The van der Waals surface area contributed by atoms with Gasteiger partial charge in [0.25, 0.3) is 5.56 Å². The molecule has 0 aliphatic heterocycles. The molecule has 8 nitrogen and oxygen atoms in total. The lowest BCUT2D eigenvalue weighted by molar-refractivity contribution is -0.121. The minimum Gasteiger partial charge on any atom is -0.350 e. The summed E-state index contributed by atoms with van der Waals surface area (Å²) in [6.45, 7) is 1.91. The van der Waals surface area contributed by atoms with Gasteiger partial charge in [0.15, 0.2) is 11.5 Å². The van der Waals surface area contributed by atoms with Crippen LogP contribution in [0.5, 0.6) is 0 Å². The molecule has 0 aliphatic rings. The molecule has 0 bridgehead atoms. The van der Waals surface area contributed by atoms with Crippen molar-refractivity contribution in [1.29, 1.82) is 0 Å². The minimum absolute atomic E-state index is 0.175. The van der Waals surface area contributed by atoms with Crippen LogP contribution in [0, 0.1) is 6.92 Å². The number of fused-ring (bicyclic) bond motifs is 1. The van der Waals surface area contributed by atoms with E-state index in [2.05, 4.69) is 15.3 Å². The van der Waals surface area contributed by atoms with Crippen molar-refractivity contribution in [2.75, 3.05) is 0 Å². The highest BCUT2D eigenvalue weighted by atomic mass is 16.2. The molecule has 1 amide bonds. The molecule has 0 spiro atoms. The van der Waals surface area contributed by atoms with Crippen LogP contribution in [0.15, 0.2) is 70.4 Å². The third kappa shape index (κ3) is 4.13. The van der Waals surface area contributed by atoms with Crippen molar-refractivity contribution in [3.8, 4) is 11.4 Å². The maximum absolute atomic E-state index is 12.9. The first-order valence-electron chi connectivity index (χ1n) is 9.78. The van der Waals surface area contributed by atoms with E-state index in [1.54, 1.807) is 0 Å². The third-order valence-corrected chi connectivity index (χ3v) is 5.02. The quantitative estimate of drug-likeness (QED) is 0.536. The number of aromatic nitrogens is 4. The average Bonchev–Trinajstić information content (AvgIpc) is 2.80. The molecule has 2 heterocycles. The van der Waals surface area contributed by atoms with E-state index in [0.717, 1.165) is 21.3 Å². The number of nitrogens with one attached hydrogen (secondary N) is 1. The van der Waals surface area contributed by atoms with E-state index in [-0.39, 0.29) is 17.6 Å². The zero-order valence-corrected chi connectivity index (χ0v) is 17.2. The van der Waals surface area contributed by atoms with Gasteiger partial charge in [0.05, 0.1) is 0 Å². The van der Waals surface area contributed by atoms with Crippen molar-refractivity contribution < 1.29 is 4.79 Å². The van der Waals surface area contributed by atoms with Crippen LogP contribution in [-0.4, -0.2) is 25.0 Å². The molecule has 2 aromatic heterocycles. The number of amides is 1. The Morgan fingerprint density at radius 3 is 2.45 bits per heavy atom. The maximum Gasteiger partial charge on any atom is 0.332 e. The Balaban J connectivity index is 1.65. The fourth-order valence-electron chi connectivity index (χ4n) is 3.26. The Labute approximate surface area is 177 Å². The summed E-state index contributed by atoms with van der Waals surface area (Å²) < 4.78 is 2.16. The van der Waals surface area contributed by atoms with Crippen molar-refractivity contribution >= 4 is 16.9 Å². The fourth-order valence-corrected chi connectivity index (χ4v) is 3.26. The second-order valence-corrected chi connectivity index (χ2v) is 7.29. The molecule has 2 aromatic carbocycles. The van der Waals surface area contributed by atoms with Crippen LogP contribution >= 0.6 is 0 Å². The molecule has 31 heavy (non-hydrogen) atoms. The minimum atomic E-state index is -0.610. The Hall–Kier alpha value is -4.07. The summed E-state index contributed by atoms with van der Waals surface area (Å²) in [4.78, 5) is 46.8. The SMILES string of the molecule is Cc1ccc(-c2ncc3c(=O)n(CC(=O)NCc4ccccc4)c(=O)n(C)c3n2)cc1. The first kappa shape index (κ1) is 20.2. The zero-order valence-electron chi connectivity index (χ0n) is 17.2. The predicted molar refractivity (Wildman–Crippen MR) is 118 cm³/mol.